The monoisotopic (exact) mass is 1350 g/mol. The maximum atomic E-state index is 12.0. The largest absolute Gasteiger partial charge is 0.481 e. The molecule has 0 spiro atoms. The van der Waals surface area contributed by atoms with E-state index < -0.39 is 42.0 Å². The number of rotatable bonds is 68. The number of carbonyl (C=O) groups is 6. The van der Waals surface area contributed by atoms with Crippen molar-refractivity contribution in [1.29, 1.82) is 0 Å². The molecule has 19 nitrogen and oxygen atoms in total. The number of amides is 1. The number of aliphatic carboxylic acids is 2. The van der Waals surface area contributed by atoms with Crippen LogP contribution in [0.15, 0.2) is 0 Å². The van der Waals surface area contributed by atoms with E-state index in [0.29, 0.717) is 39.3 Å². The van der Waals surface area contributed by atoms with Crippen molar-refractivity contribution in [3.8, 4) is 0 Å². The van der Waals surface area contributed by atoms with E-state index in [4.69, 9.17) is 59.9 Å². The van der Waals surface area contributed by atoms with Gasteiger partial charge in [0.05, 0.1) is 19.8 Å². The number of esters is 3. The number of carbonyl (C=O) groups excluding carboxylic acids is 4. The molecule has 0 aromatic heterocycles. The summed E-state index contributed by atoms with van der Waals surface area (Å²) in [6, 6.07) is -2.41. The summed E-state index contributed by atoms with van der Waals surface area (Å²) in [6.07, 6.45) is 64.1. The highest BCUT2D eigenvalue weighted by atomic mass is 16.7. The van der Waals surface area contributed by atoms with E-state index in [1.165, 1.54) is 270 Å². The molecule has 0 aromatic carbocycles. The van der Waals surface area contributed by atoms with E-state index in [2.05, 4.69) is 33.0 Å². The highest BCUT2D eigenvalue weighted by Crippen LogP contribution is 2.17. The molecule has 0 aliphatic carbocycles. The first-order chi connectivity index (χ1) is 45.8. The number of ether oxygens (including phenoxy) is 7. The third-order valence-corrected chi connectivity index (χ3v) is 16.8. The van der Waals surface area contributed by atoms with Crippen LogP contribution in [0.1, 0.15) is 374 Å². The average molecular weight is 1350 g/mol. The minimum Gasteiger partial charge on any atom is -0.481 e. The Bertz CT molecular complexity index is 1620. The molecule has 1 heterocycles. The number of carboxylic acids is 2. The van der Waals surface area contributed by atoms with Crippen molar-refractivity contribution in [3.05, 3.63) is 0 Å². The molecule has 0 bridgehead atoms. The first kappa shape index (κ1) is 94.7. The second-order valence-electron chi connectivity index (χ2n) is 25.8. The van der Waals surface area contributed by atoms with E-state index in [0.717, 1.165) is 38.5 Å². The number of nitrogens with one attached hydrogen (secondary N) is 1. The number of aliphatic hydroxyl groups is 1. The molecule has 1 aliphatic heterocycles. The third-order valence-electron chi connectivity index (χ3n) is 16.8. The Morgan fingerprint density at radius 2 is 0.691 bits per heavy atom. The summed E-state index contributed by atoms with van der Waals surface area (Å²) in [5, 5.41) is 27.3. The topological polar surface area (TPSA) is 292 Å². The van der Waals surface area contributed by atoms with Crippen molar-refractivity contribution in [2.24, 2.45) is 11.5 Å². The van der Waals surface area contributed by atoms with Gasteiger partial charge in [0.1, 0.15) is 24.9 Å². The predicted octanol–water partition coefficient (Wildman–Crippen LogP) is 17.9. The van der Waals surface area contributed by atoms with Crippen LogP contribution < -0.4 is 16.8 Å². The Labute approximate surface area is 573 Å². The van der Waals surface area contributed by atoms with Gasteiger partial charge in [0.2, 0.25) is 5.91 Å². The SMILES string of the molecule is CCCCCCCCCCCCCCOCO.CCCCCCCCCCCCCCOCOC(=O)C1CCC(=O)N1.CCCCCCCCCCCCCCOCOC(=O)CCC(N)C(=O)OCOCCCCCCCCCCCCCC.NC(CCC(=O)O)C(=O)O. The summed E-state index contributed by atoms with van der Waals surface area (Å²) in [6.45, 7) is 11.3. The van der Waals surface area contributed by atoms with Gasteiger partial charge in [-0.25, -0.2) is 4.79 Å². The van der Waals surface area contributed by atoms with Gasteiger partial charge in [0.15, 0.2) is 20.4 Å². The van der Waals surface area contributed by atoms with Crippen molar-refractivity contribution < 1.29 is 77.2 Å². The summed E-state index contributed by atoms with van der Waals surface area (Å²) < 4.78 is 36.2. The van der Waals surface area contributed by atoms with Crippen LogP contribution in [-0.4, -0.2) is 123 Å². The lowest BCUT2D eigenvalue weighted by Gasteiger charge is -2.12. The van der Waals surface area contributed by atoms with Gasteiger partial charge in [-0.2, -0.15) is 0 Å². The zero-order valence-electron chi connectivity index (χ0n) is 60.9. The number of hydrogen-bond acceptors (Lipinski definition) is 16. The Balaban J connectivity index is -0.00000133. The van der Waals surface area contributed by atoms with Gasteiger partial charge < -0.3 is 65.3 Å². The zero-order chi connectivity index (χ0) is 69.7. The quantitative estimate of drug-likeness (QED) is 0.0143. The molecule has 1 fully saturated rings. The highest BCUT2D eigenvalue weighted by Gasteiger charge is 2.28. The first-order valence-corrected chi connectivity index (χ1v) is 38.5. The van der Waals surface area contributed by atoms with Crippen LogP contribution in [0.4, 0.5) is 0 Å². The van der Waals surface area contributed by atoms with E-state index in [1.807, 2.05) is 0 Å². The van der Waals surface area contributed by atoms with E-state index in [1.54, 1.807) is 0 Å². The van der Waals surface area contributed by atoms with Crippen LogP contribution in [0.3, 0.4) is 0 Å². The van der Waals surface area contributed by atoms with Gasteiger partial charge in [-0.1, -0.05) is 310 Å². The molecular weight excluding hydrogens is 1200 g/mol. The molecule has 0 aromatic rings. The summed E-state index contributed by atoms with van der Waals surface area (Å²) in [5.74, 6) is -3.64. The lowest BCUT2D eigenvalue weighted by molar-refractivity contribution is -0.160. The Morgan fingerprint density at radius 1 is 0.404 bits per heavy atom. The van der Waals surface area contributed by atoms with Gasteiger partial charge in [-0.05, 0) is 44.9 Å². The normalized spacial score (nSPS) is 13.1. The van der Waals surface area contributed by atoms with Crippen molar-refractivity contribution in [3.63, 3.8) is 0 Å². The molecule has 8 N–H and O–H groups in total. The first-order valence-electron chi connectivity index (χ1n) is 38.5. The predicted molar refractivity (Wildman–Crippen MR) is 379 cm³/mol. The lowest BCUT2D eigenvalue weighted by atomic mass is 10.1. The molecule has 0 radical (unpaired) electrons. The van der Waals surface area contributed by atoms with Crippen LogP contribution in [-0.2, 0) is 61.9 Å². The second-order valence-corrected chi connectivity index (χ2v) is 25.8. The van der Waals surface area contributed by atoms with Gasteiger partial charge in [0, 0.05) is 25.9 Å². The molecule has 94 heavy (non-hydrogen) atoms. The molecule has 1 aliphatic rings. The van der Waals surface area contributed by atoms with E-state index in [9.17, 15) is 28.8 Å². The fourth-order valence-electron chi connectivity index (χ4n) is 10.6. The average Bonchev–Trinajstić information content (AvgIpc) is 2.28. The van der Waals surface area contributed by atoms with Crippen LogP contribution in [0.5, 0.6) is 0 Å². The highest BCUT2D eigenvalue weighted by molar-refractivity contribution is 5.88. The smallest absolute Gasteiger partial charge is 0.330 e. The molecule has 1 rings (SSSR count). The van der Waals surface area contributed by atoms with Crippen molar-refractivity contribution in [1.82, 2.24) is 5.32 Å². The van der Waals surface area contributed by atoms with Crippen LogP contribution >= 0.6 is 0 Å². The maximum absolute atomic E-state index is 12.0. The number of nitrogens with two attached hydrogens (primary N) is 2. The van der Waals surface area contributed by atoms with Gasteiger partial charge in [-0.15, -0.1) is 0 Å². The zero-order valence-corrected chi connectivity index (χ0v) is 60.9. The third kappa shape index (κ3) is 79.2. The van der Waals surface area contributed by atoms with Gasteiger partial charge >= 0.3 is 29.8 Å². The van der Waals surface area contributed by atoms with Crippen molar-refractivity contribution in [2.75, 3.05) is 53.6 Å². The molecule has 558 valence electrons. The van der Waals surface area contributed by atoms with Crippen molar-refractivity contribution >= 4 is 35.8 Å². The summed E-state index contributed by atoms with van der Waals surface area (Å²) in [5.41, 5.74) is 10.8. The van der Waals surface area contributed by atoms with Crippen LogP contribution in [0, 0.1) is 0 Å². The minimum absolute atomic E-state index is 0.0107. The van der Waals surface area contributed by atoms with E-state index >= 15 is 0 Å². The molecule has 1 amide bonds. The lowest BCUT2D eigenvalue weighted by Crippen LogP contribution is -2.34. The van der Waals surface area contributed by atoms with Crippen LogP contribution in [0.25, 0.3) is 0 Å². The molecule has 0 saturated carbocycles. The Hall–Kier alpha value is -3.46. The van der Waals surface area contributed by atoms with Gasteiger partial charge in [0.25, 0.3) is 0 Å². The molecular formula is C75H147N3O16. The number of unbranched alkanes of at least 4 members (excludes halogenated alkanes) is 44. The second kappa shape index (κ2) is 80.2. The molecule has 19 heteroatoms. The van der Waals surface area contributed by atoms with Crippen LogP contribution in [0.2, 0.25) is 0 Å². The minimum atomic E-state index is -1.17. The number of carboxylic acid groups (broad SMARTS) is 2. The van der Waals surface area contributed by atoms with Crippen molar-refractivity contribution in [2.45, 2.75) is 393 Å². The molecule has 1 saturated heterocycles. The molecule has 3 unspecified atom stereocenters. The summed E-state index contributed by atoms with van der Waals surface area (Å²) >= 11 is 0. The fraction of sp³-hybridized carbons (Fsp3) is 0.920. The van der Waals surface area contributed by atoms with Gasteiger partial charge in [-0.3, -0.25) is 24.0 Å². The number of aliphatic hydroxyl groups excluding tert-OH is 1. The Kier molecular flexibility index (Phi) is 80.8. The fourth-order valence-corrected chi connectivity index (χ4v) is 10.6. The Morgan fingerprint density at radius 3 is 0.979 bits per heavy atom. The summed E-state index contributed by atoms with van der Waals surface area (Å²) in [7, 11) is 0. The maximum Gasteiger partial charge on any atom is 0.330 e. The number of hydrogen-bond donors (Lipinski definition) is 6. The van der Waals surface area contributed by atoms with E-state index in [-0.39, 0.29) is 64.7 Å². The summed E-state index contributed by atoms with van der Waals surface area (Å²) in [4.78, 5) is 66.4. The molecule has 3 atom stereocenters. The standard InChI is InChI=1S/C35H69NO6.C20H37NO4.C15H32O2.C5H9NO4/c1-3-5-7-9-11-13-15-17-19-21-23-25-29-39-31-41-34(37)28-27-33(36)35(38)42-32-40-30-26-24-22-20-18-16-14-12-10-8-6-4-2;1-2-3-4-5-6-7-8-9-10-11-12-13-16-24-17-25-20(23)18-14-15-19(22)21-18;1-2-3-4-5-6-7-8-9-10-11-12-13-14-17-15-16;6-3(5(9)10)1-2-4(7)8/h33H,3-32,36H2,1-2H3;18H,2-17H2,1H3,(H,21,22);16H,2-15H2,1H3;3H,1-2,6H2,(H,7,8)(H,9,10).